The Kier molecular flexibility index (Phi) is 14.9. The molecule has 3 N–H and O–H groups in total. The van der Waals surface area contributed by atoms with Gasteiger partial charge >= 0.3 is 36.4 Å². The molecule has 2 aromatic heterocycles. The number of furan rings is 1. The van der Waals surface area contributed by atoms with Gasteiger partial charge in [-0.2, -0.15) is 39.5 Å². The summed E-state index contributed by atoms with van der Waals surface area (Å²) >= 11 is 0. The molecule has 0 aliphatic carbocycles. The van der Waals surface area contributed by atoms with E-state index < -0.39 is 36.4 Å². The second-order valence-corrected chi connectivity index (χ2v) is 9.74. The topological polar surface area (TPSA) is 154 Å². The highest BCUT2D eigenvalue weighted by Gasteiger charge is 2.40. The lowest BCUT2D eigenvalue weighted by Gasteiger charge is -2.36. The van der Waals surface area contributed by atoms with Gasteiger partial charge < -0.3 is 24.5 Å². The SMILES string of the molecule is Cc1cccc(CO[C@H]2C[C@@H]3CN(Cc4ccc(C)o4)CCN3C2)n1.O=C(O)C(F)(F)F.O=C(O)C(F)(F)F.O=C(O)C(F)(F)F. The lowest BCUT2D eigenvalue weighted by atomic mass is 10.1. The molecule has 2 saturated heterocycles. The molecule has 4 heterocycles. The minimum absolute atomic E-state index is 0.318. The maximum Gasteiger partial charge on any atom is 0.490 e. The molecular formula is C26H30F9N3O8. The van der Waals surface area contributed by atoms with E-state index in [0.717, 1.165) is 62.1 Å². The van der Waals surface area contributed by atoms with Crippen molar-refractivity contribution in [1.29, 1.82) is 0 Å². The summed E-state index contributed by atoms with van der Waals surface area (Å²) in [4.78, 5) is 36.3. The Morgan fingerprint density at radius 2 is 1.37 bits per heavy atom. The van der Waals surface area contributed by atoms with Gasteiger partial charge in [0.15, 0.2) is 0 Å². The van der Waals surface area contributed by atoms with Crippen molar-refractivity contribution in [2.75, 3.05) is 26.2 Å². The van der Waals surface area contributed by atoms with Crippen LogP contribution in [0.1, 0.15) is 29.3 Å². The van der Waals surface area contributed by atoms with Gasteiger partial charge in [-0.25, -0.2) is 14.4 Å². The van der Waals surface area contributed by atoms with Crippen LogP contribution in [-0.2, 0) is 32.3 Å². The van der Waals surface area contributed by atoms with Crippen molar-refractivity contribution in [1.82, 2.24) is 14.8 Å². The van der Waals surface area contributed by atoms with Crippen molar-refractivity contribution >= 4 is 17.9 Å². The molecule has 0 spiro atoms. The van der Waals surface area contributed by atoms with Crippen LogP contribution in [0.3, 0.4) is 0 Å². The highest BCUT2D eigenvalue weighted by atomic mass is 19.4. The van der Waals surface area contributed by atoms with Gasteiger partial charge in [-0.3, -0.25) is 14.8 Å². The average molecular weight is 684 g/mol. The van der Waals surface area contributed by atoms with Crippen molar-refractivity contribution in [2.24, 2.45) is 0 Å². The first-order valence-electron chi connectivity index (χ1n) is 12.9. The quantitative estimate of drug-likeness (QED) is 0.377. The summed E-state index contributed by atoms with van der Waals surface area (Å²) in [5.41, 5.74) is 2.08. The van der Waals surface area contributed by atoms with Gasteiger partial charge in [0.05, 0.1) is 24.9 Å². The number of aromatic nitrogens is 1. The average Bonchev–Trinajstić information content (AvgIpc) is 3.52. The molecule has 2 aliphatic rings. The summed E-state index contributed by atoms with van der Waals surface area (Å²) in [6, 6.07) is 10.9. The van der Waals surface area contributed by atoms with E-state index in [1.165, 1.54) is 0 Å². The van der Waals surface area contributed by atoms with Crippen molar-refractivity contribution < 1.29 is 78.4 Å². The molecule has 46 heavy (non-hydrogen) atoms. The van der Waals surface area contributed by atoms with E-state index in [1.807, 2.05) is 38.1 Å². The third kappa shape index (κ3) is 15.4. The van der Waals surface area contributed by atoms with Gasteiger partial charge in [0.25, 0.3) is 0 Å². The summed E-state index contributed by atoms with van der Waals surface area (Å²) in [5, 5.41) is 21.4. The molecule has 2 fully saturated rings. The molecule has 2 aliphatic heterocycles. The largest absolute Gasteiger partial charge is 0.490 e. The number of carboxylic acids is 3. The Morgan fingerprint density at radius 1 is 0.848 bits per heavy atom. The maximum atomic E-state index is 10.6. The molecule has 0 saturated carbocycles. The fourth-order valence-corrected chi connectivity index (χ4v) is 4.00. The van der Waals surface area contributed by atoms with Crippen LogP contribution in [-0.4, -0.2) is 105 Å². The number of alkyl halides is 9. The Labute approximate surface area is 255 Å². The number of hydrogen-bond acceptors (Lipinski definition) is 8. The number of ether oxygens (including phenoxy) is 1. The van der Waals surface area contributed by atoms with E-state index in [2.05, 4.69) is 20.9 Å². The fraction of sp³-hybridized carbons (Fsp3) is 0.538. The Bertz CT molecular complexity index is 1230. The van der Waals surface area contributed by atoms with Crippen LogP contribution < -0.4 is 0 Å². The number of hydrogen-bond donors (Lipinski definition) is 3. The predicted octanol–water partition coefficient (Wildman–Crippen LogP) is 4.67. The highest BCUT2D eigenvalue weighted by molar-refractivity contribution is 5.73. The zero-order valence-corrected chi connectivity index (χ0v) is 24.1. The van der Waals surface area contributed by atoms with E-state index in [4.69, 9.17) is 38.9 Å². The van der Waals surface area contributed by atoms with Gasteiger partial charge in [0.2, 0.25) is 0 Å². The number of nitrogens with zero attached hydrogens (tertiary/aromatic N) is 3. The first kappa shape index (κ1) is 40.1. The van der Waals surface area contributed by atoms with Crippen LogP contribution in [0.5, 0.6) is 0 Å². The Morgan fingerprint density at radius 3 is 1.80 bits per heavy atom. The summed E-state index contributed by atoms with van der Waals surface area (Å²) < 4.78 is 107. The molecule has 20 heteroatoms. The zero-order chi connectivity index (χ0) is 35.5. The zero-order valence-electron chi connectivity index (χ0n) is 24.1. The van der Waals surface area contributed by atoms with E-state index in [1.54, 1.807) is 0 Å². The molecule has 11 nitrogen and oxygen atoms in total. The fourth-order valence-electron chi connectivity index (χ4n) is 4.00. The third-order valence-electron chi connectivity index (χ3n) is 5.98. The first-order chi connectivity index (χ1) is 21.0. The molecule has 0 aromatic carbocycles. The molecular weight excluding hydrogens is 653 g/mol. The molecule has 4 rings (SSSR count). The Hall–Kier alpha value is -3.91. The number of aliphatic carboxylic acids is 3. The molecule has 0 unspecified atom stereocenters. The van der Waals surface area contributed by atoms with Crippen LogP contribution in [0.25, 0.3) is 0 Å². The van der Waals surface area contributed by atoms with E-state index >= 15 is 0 Å². The van der Waals surface area contributed by atoms with E-state index in [-0.39, 0.29) is 0 Å². The van der Waals surface area contributed by atoms with Crippen molar-refractivity contribution in [3.63, 3.8) is 0 Å². The smallest absolute Gasteiger partial charge is 0.475 e. The summed E-state index contributed by atoms with van der Waals surface area (Å²) in [6.07, 6.45) is -13.8. The summed E-state index contributed by atoms with van der Waals surface area (Å²) in [6.45, 7) is 9.92. The van der Waals surface area contributed by atoms with Gasteiger partial charge in [0, 0.05) is 37.9 Å². The van der Waals surface area contributed by atoms with Gasteiger partial charge in [-0.1, -0.05) is 6.07 Å². The molecule has 2 aromatic rings. The minimum Gasteiger partial charge on any atom is -0.475 e. The number of aryl methyl sites for hydroxylation is 2. The van der Waals surface area contributed by atoms with E-state index in [0.29, 0.717) is 18.8 Å². The number of fused-ring (bicyclic) bond motifs is 1. The van der Waals surface area contributed by atoms with Crippen LogP contribution in [0, 0.1) is 13.8 Å². The minimum atomic E-state index is -5.08. The van der Waals surface area contributed by atoms with Crippen molar-refractivity contribution in [3.05, 3.63) is 53.2 Å². The first-order valence-corrected chi connectivity index (χ1v) is 12.9. The second kappa shape index (κ2) is 17.1. The number of halogens is 9. The van der Waals surface area contributed by atoms with Crippen molar-refractivity contribution in [3.8, 4) is 0 Å². The van der Waals surface area contributed by atoms with Gasteiger partial charge in [0.1, 0.15) is 11.5 Å². The van der Waals surface area contributed by atoms with Gasteiger partial charge in [-0.15, -0.1) is 0 Å². The number of piperazine rings is 1. The number of pyridine rings is 1. The van der Waals surface area contributed by atoms with Crippen LogP contribution in [0.4, 0.5) is 39.5 Å². The molecule has 0 bridgehead atoms. The summed E-state index contributed by atoms with van der Waals surface area (Å²) in [5.74, 6) is -6.21. The van der Waals surface area contributed by atoms with Crippen LogP contribution in [0.2, 0.25) is 0 Å². The third-order valence-corrected chi connectivity index (χ3v) is 5.98. The molecule has 0 radical (unpaired) electrons. The molecule has 2 atom stereocenters. The second-order valence-electron chi connectivity index (χ2n) is 9.74. The number of carboxylic acid groups (broad SMARTS) is 3. The molecule has 260 valence electrons. The summed E-state index contributed by atoms with van der Waals surface area (Å²) in [7, 11) is 0. The number of rotatable bonds is 5. The molecule has 0 amide bonds. The predicted molar refractivity (Wildman–Crippen MR) is 137 cm³/mol. The standard InChI is InChI=1S/C20H27N3O2.3C2HF3O2/c1-15-4-3-5-17(21-15)14-24-20-10-18-11-22(8-9-23(18)13-20)12-19-7-6-16(2)25-19;3*3-2(4,5)1(6)7/h3-7,18,20H,8-14H2,1-2H3;3*(H,6,7)/t18-,20+;;;/m1.../s1. The van der Waals surface area contributed by atoms with Crippen LogP contribution >= 0.6 is 0 Å². The Balaban J connectivity index is 0.000000413. The van der Waals surface area contributed by atoms with E-state index in [9.17, 15) is 39.5 Å². The monoisotopic (exact) mass is 683 g/mol. The lowest BCUT2D eigenvalue weighted by molar-refractivity contribution is -0.193. The maximum absolute atomic E-state index is 10.6. The lowest BCUT2D eigenvalue weighted by Crippen LogP contribution is -2.49. The van der Waals surface area contributed by atoms with Crippen LogP contribution in [0.15, 0.2) is 34.7 Å². The van der Waals surface area contributed by atoms with Crippen molar-refractivity contribution in [2.45, 2.75) is 64.1 Å². The van der Waals surface area contributed by atoms with Gasteiger partial charge in [-0.05, 0) is 44.5 Å². The normalized spacial score (nSPS) is 18.5. The number of carbonyl (C=O) groups is 3. The highest BCUT2D eigenvalue weighted by Crippen LogP contribution is 2.26.